The number of carbonyl (C=O) groups excluding carboxylic acids is 1. The highest BCUT2D eigenvalue weighted by Gasteiger charge is 2.27. The molecule has 35 heavy (non-hydrogen) atoms. The van der Waals surface area contributed by atoms with E-state index in [1.807, 2.05) is 30.0 Å². The molecule has 2 saturated heterocycles. The largest absolute Gasteiger partial charge is 0.496 e. The summed E-state index contributed by atoms with van der Waals surface area (Å²) in [5.74, 6) is 2.07. The summed E-state index contributed by atoms with van der Waals surface area (Å²) >= 11 is 0. The third kappa shape index (κ3) is 5.43. The Hall–Kier alpha value is -3.52. The smallest absolute Gasteiger partial charge is 0.317 e. The van der Waals surface area contributed by atoms with Crippen molar-refractivity contribution in [2.45, 2.75) is 25.9 Å². The van der Waals surface area contributed by atoms with Crippen molar-refractivity contribution in [2.75, 3.05) is 51.3 Å². The molecular weight excluding hydrogens is 442 g/mol. The molecule has 1 atom stereocenters. The van der Waals surface area contributed by atoms with Crippen LogP contribution in [-0.2, 0) is 6.54 Å². The Morgan fingerprint density at radius 1 is 1.11 bits per heavy atom. The Morgan fingerprint density at radius 2 is 1.91 bits per heavy atom. The molecule has 2 fully saturated rings. The summed E-state index contributed by atoms with van der Waals surface area (Å²) in [7, 11) is 1.66. The first-order valence-electron chi connectivity index (χ1n) is 12.3. The Labute approximate surface area is 206 Å². The molecule has 2 aliphatic heterocycles. The highest BCUT2D eigenvalue weighted by molar-refractivity contribution is 5.75. The highest BCUT2D eigenvalue weighted by atomic mass is 16.5. The van der Waals surface area contributed by atoms with Crippen molar-refractivity contribution in [1.82, 2.24) is 20.1 Å². The van der Waals surface area contributed by atoms with Gasteiger partial charge >= 0.3 is 6.03 Å². The first kappa shape index (κ1) is 23.2. The first-order valence-corrected chi connectivity index (χ1v) is 12.3. The molecule has 8 nitrogen and oxygen atoms in total. The van der Waals surface area contributed by atoms with E-state index in [1.165, 1.54) is 5.56 Å². The number of ether oxygens (including phenoxy) is 1. The van der Waals surface area contributed by atoms with Gasteiger partial charge in [-0.3, -0.25) is 4.90 Å². The van der Waals surface area contributed by atoms with Crippen LogP contribution in [0.5, 0.6) is 5.75 Å². The van der Waals surface area contributed by atoms with E-state index in [4.69, 9.17) is 9.15 Å². The number of piperazine rings is 1. The van der Waals surface area contributed by atoms with Gasteiger partial charge in [0.15, 0.2) is 11.7 Å². The van der Waals surface area contributed by atoms with Crippen molar-refractivity contribution in [1.29, 1.82) is 0 Å². The molecule has 2 amide bonds. The number of aromatic nitrogens is 1. The van der Waals surface area contributed by atoms with Crippen molar-refractivity contribution in [2.24, 2.45) is 0 Å². The minimum Gasteiger partial charge on any atom is -0.496 e. The van der Waals surface area contributed by atoms with Crippen LogP contribution in [0.15, 0.2) is 59.1 Å². The summed E-state index contributed by atoms with van der Waals surface area (Å²) in [5, 5.41) is 3.26. The molecule has 0 bridgehead atoms. The summed E-state index contributed by atoms with van der Waals surface area (Å²) in [4.78, 5) is 23.7. The molecule has 1 N–H and O–H groups in total. The van der Waals surface area contributed by atoms with Crippen molar-refractivity contribution in [3.8, 4) is 17.1 Å². The highest BCUT2D eigenvalue weighted by Crippen LogP contribution is 2.34. The lowest BCUT2D eigenvalue weighted by atomic mass is 10.1. The zero-order valence-corrected chi connectivity index (χ0v) is 20.4. The standard InChI is InChI=1S/C27H33N5O3/c1-20-28-17-26(35-20)24-9-8-23(16-25(24)34-2)31-12-14-32(15-13-31)27(33)29-22-10-11-30(19-22)18-21-6-4-3-5-7-21/h3-9,16-17,22H,10-15,18-19H2,1-2H3,(H,29,33). The molecule has 1 aromatic heterocycles. The number of methoxy groups -OCH3 is 1. The second kappa shape index (κ2) is 10.4. The molecule has 0 aliphatic carbocycles. The molecule has 0 radical (unpaired) electrons. The summed E-state index contributed by atoms with van der Waals surface area (Å²) in [6, 6.07) is 16.9. The number of urea groups is 1. The van der Waals surface area contributed by atoms with Crippen LogP contribution in [0, 0.1) is 6.92 Å². The number of benzene rings is 2. The van der Waals surface area contributed by atoms with Crippen LogP contribution >= 0.6 is 0 Å². The van der Waals surface area contributed by atoms with Crippen LogP contribution < -0.4 is 15.0 Å². The summed E-state index contributed by atoms with van der Waals surface area (Å²) in [6.45, 7) is 7.62. The number of carbonyl (C=O) groups is 1. The van der Waals surface area contributed by atoms with Crippen LogP contribution in [0.3, 0.4) is 0 Å². The van der Waals surface area contributed by atoms with E-state index in [-0.39, 0.29) is 12.1 Å². The quantitative estimate of drug-likeness (QED) is 0.585. The van der Waals surface area contributed by atoms with Gasteiger partial charge in [0, 0.05) is 70.5 Å². The lowest BCUT2D eigenvalue weighted by Gasteiger charge is -2.36. The Kier molecular flexibility index (Phi) is 6.90. The van der Waals surface area contributed by atoms with Crippen molar-refractivity contribution >= 4 is 11.7 Å². The average molecular weight is 476 g/mol. The molecule has 2 aliphatic rings. The monoisotopic (exact) mass is 475 g/mol. The van der Waals surface area contributed by atoms with E-state index in [9.17, 15) is 4.79 Å². The van der Waals surface area contributed by atoms with Crippen molar-refractivity contribution in [3.63, 3.8) is 0 Å². The zero-order valence-electron chi connectivity index (χ0n) is 20.4. The lowest BCUT2D eigenvalue weighted by molar-refractivity contribution is 0.190. The molecule has 3 aromatic rings. The number of hydrogen-bond acceptors (Lipinski definition) is 6. The van der Waals surface area contributed by atoms with Gasteiger partial charge in [0.05, 0.1) is 18.9 Å². The lowest BCUT2D eigenvalue weighted by Crippen LogP contribution is -2.53. The van der Waals surface area contributed by atoms with E-state index in [1.54, 1.807) is 13.3 Å². The maximum atomic E-state index is 12.9. The molecule has 2 aromatic carbocycles. The number of oxazole rings is 1. The number of anilines is 1. The fourth-order valence-electron chi connectivity index (χ4n) is 4.94. The topological polar surface area (TPSA) is 74.1 Å². The predicted molar refractivity (Wildman–Crippen MR) is 136 cm³/mol. The van der Waals surface area contributed by atoms with Crippen LogP contribution in [0.2, 0.25) is 0 Å². The van der Waals surface area contributed by atoms with Gasteiger partial charge in [-0.05, 0) is 24.1 Å². The average Bonchev–Trinajstić information content (AvgIpc) is 3.52. The van der Waals surface area contributed by atoms with Gasteiger partial charge in [0.25, 0.3) is 0 Å². The fourth-order valence-corrected chi connectivity index (χ4v) is 4.94. The first-order chi connectivity index (χ1) is 17.1. The minimum absolute atomic E-state index is 0.0461. The molecule has 8 heteroatoms. The molecule has 5 rings (SSSR count). The van der Waals surface area contributed by atoms with Crippen LogP contribution in [0.25, 0.3) is 11.3 Å². The van der Waals surface area contributed by atoms with Gasteiger partial charge in [-0.25, -0.2) is 9.78 Å². The van der Waals surface area contributed by atoms with E-state index in [0.717, 1.165) is 56.1 Å². The van der Waals surface area contributed by atoms with Gasteiger partial charge in [-0.2, -0.15) is 0 Å². The number of likely N-dealkylation sites (tertiary alicyclic amines) is 1. The van der Waals surface area contributed by atoms with Gasteiger partial charge in [0.1, 0.15) is 5.75 Å². The zero-order chi connectivity index (χ0) is 24.2. The molecule has 184 valence electrons. The number of nitrogens with zero attached hydrogens (tertiary/aromatic N) is 4. The van der Waals surface area contributed by atoms with Gasteiger partial charge in [-0.15, -0.1) is 0 Å². The third-order valence-corrected chi connectivity index (χ3v) is 6.85. The van der Waals surface area contributed by atoms with Crippen LogP contribution in [-0.4, -0.2) is 73.2 Å². The summed E-state index contributed by atoms with van der Waals surface area (Å²) < 4.78 is 11.3. The number of rotatable bonds is 6. The van der Waals surface area contributed by atoms with E-state index >= 15 is 0 Å². The van der Waals surface area contributed by atoms with Crippen molar-refractivity contribution in [3.05, 3.63) is 66.2 Å². The second-order valence-electron chi connectivity index (χ2n) is 9.26. The molecule has 1 unspecified atom stereocenters. The van der Waals surface area contributed by atoms with Crippen molar-refractivity contribution < 1.29 is 13.9 Å². The van der Waals surface area contributed by atoms with E-state index < -0.39 is 0 Å². The third-order valence-electron chi connectivity index (χ3n) is 6.85. The van der Waals surface area contributed by atoms with Crippen LogP contribution in [0.1, 0.15) is 17.9 Å². The number of amides is 2. The Morgan fingerprint density at radius 3 is 2.63 bits per heavy atom. The molecule has 0 saturated carbocycles. The summed E-state index contributed by atoms with van der Waals surface area (Å²) in [6.07, 6.45) is 2.71. The summed E-state index contributed by atoms with van der Waals surface area (Å²) in [5.41, 5.74) is 3.28. The Bertz CT molecular complexity index is 1140. The maximum absolute atomic E-state index is 12.9. The van der Waals surface area contributed by atoms with E-state index in [2.05, 4.69) is 50.4 Å². The number of hydrogen-bond donors (Lipinski definition) is 1. The minimum atomic E-state index is 0.0461. The predicted octanol–water partition coefficient (Wildman–Crippen LogP) is 3.76. The van der Waals surface area contributed by atoms with Gasteiger partial charge in [-0.1, -0.05) is 30.3 Å². The number of nitrogens with one attached hydrogen (secondary N) is 1. The number of aryl methyl sites for hydroxylation is 1. The fraction of sp³-hybridized carbons (Fsp3) is 0.407. The van der Waals surface area contributed by atoms with Gasteiger partial charge in [0.2, 0.25) is 0 Å². The maximum Gasteiger partial charge on any atom is 0.317 e. The Balaban J connectivity index is 1.12. The van der Waals surface area contributed by atoms with Crippen LogP contribution in [0.4, 0.5) is 10.5 Å². The van der Waals surface area contributed by atoms with Gasteiger partial charge < -0.3 is 24.3 Å². The SMILES string of the molecule is COc1cc(N2CCN(C(=O)NC3CCN(Cc4ccccc4)C3)CC2)ccc1-c1cnc(C)o1. The molecule has 0 spiro atoms. The molecule has 3 heterocycles. The van der Waals surface area contributed by atoms with E-state index in [0.29, 0.717) is 24.7 Å². The molecular formula is C27H33N5O3. The normalized spacial score (nSPS) is 18.6. The second-order valence-corrected chi connectivity index (χ2v) is 9.26.